The zero-order valence-corrected chi connectivity index (χ0v) is 10.5. The average Bonchev–Trinajstić information content (AvgIpc) is 2.26. The Labute approximate surface area is 105 Å². The summed E-state index contributed by atoms with van der Waals surface area (Å²) in [6.45, 7) is 6.49. The highest BCUT2D eigenvalue weighted by molar-refractivity contribution is 5.91. The third-order valence-corrected chi connectivity index (χ3v) is 2.29. The minimum atomic E-state index is -1.14. The summed E-state index contributed by atoms with van der Waals surface area (Å²) >= 11 is 0. The maximum atomic E-state index is 11.8. The quantitative estimate of drug-likeness (QED) is 0.442. The molecule has 0 spiro atoms. The van der Waals surface area contributed by atoms with Gasteiger partial charge < -0.3 is 21.5 Å². The van der Waals surface area contributed by atoms with E-state index in [1.165, 1.54) is 13.8 Å². The molecule has 1 unspecified atom stereocenters. The molecule has 7 heteroatoms. The summed E-state index contributed by atoms with van der Waals surface area (Å²) in [6.07, 6.45) is -0.421. The highest BCUT2D eigenvalue weighted by Gasteiger charge is 2.23. The molecule has 2 atom stereocenters. The van der Waals surface area contributed by atoms with Crippen LogP contribution in [-0.2, 0) is 14.4 Å². The number of carbonyl (C=O) groups is 3. The van der Waals surface area contributed by atoms with Crippen molar-refractivity contribution in [1.29, 1.82) is 0 Å². The van der Waals surface area contributed by atoms with Crippen LogP contribution in [0.25, 0.3) is 0 Å². The second kappa shape index (κ2) is 7.44. The number of ketones is 1. The number of nitrogens with two attached hydrogens (primary N) is 1. The predicted molar refractivity (Wildman–Crippen MR) is 65.7 cm³/mol. The van der Waals surface area contributed by atoms with Crippen molar-refractivity contribution in [2.75, 3.05) is 6.54 Å². The molecule has 0 rings (SSSR count). The molecule has 7 nitrogen and oxygen atoms in total. The maximum absolute atomic E-state index is 11.8. The minimum Gasteiger partial charge on any atom is -0.481 e. The van der Waals surface area contributed by atoms with Crippen LogP contribution in [0.2, 0.25) is 0 Å². The van der Waals surface area contributed by atoms with Gasteiger partial charge in [0.15, 0.2) is 5.78 Å². The third kappa shape index (κ3) is 6.00. The van der Waals surface area contributed by atoms with Crippen molar-refractivity contribution < 1.29 is 19.5 Å². The lowest BCUT2D eigenvalue weighted by Gasteiger charge is -2.20. The Morgan fingerprint density at radius 1 is 1.33 bits per heavy atom. The molecule has 0 aromatic heterocycles. The second-order valence-electron chi connectivity index (χ2n) is 3.94. The number of Topliss-reactive ketones (excluding diaryl/α,β-unsaturated/α-hetero) is 1. The van der Waals surface area contributed by atoms with Crippen LogP contribution >= 0.6 is 0 Å². The number of hydrogen-bond acceptors (Lipinski definition) is 5. The van der Waals surface area contributed by atoms with Crippen molar-refractivity contribution in [3.63, 3.8) is 0 Å². The molecule has 0 aromatic carbocycles. The van der Waals surface area contributed by atoms with Gasteiger partial charge in [-0.2, -0.15) is 0 Å². The fourth-order valence-corrected chi connectivity index (χ4v) is 1.10. The van der Waals surface area contributed by atoms with Crippen molar-refractivity contribution in [2.45, 2.75) is 32.4 Å². The molecule has 0 radical (unpaired) electrons. The van der Waals surface area contributed by atoms with Gasteiger partial charge in [-0.3, -0.25) is 14.4 Å². The number of amides is 1. The van der Waals surface area contributed by atoms with E-state index in [4.69, 9.17) is 10.8 Å². The Bertz CT molecular complexity index is 354. The molecule has 1 amide bonds. The first-order chi connectivity index (χ1) is 8.27. The Morgan fingerprint density at radius 2 is 1.89 bits per heavy atom. The highest BCUT2D eigenvalue weighted by atomic mass is 16.4. The molecular weight excluding hydrogens is 238 g/mol. The van der Waals surface area contributed by atoms with Crippen molar-refractivity contribution in [3.05, 3.63) is 12.3 Å². The zero-order chi connectivity index (χ0) is 14.3. The lowest BCUT2D eigenvalue weighted by atomic mass is 10.1. The van der Waals surface area contributed by atoms with E-state index in [0.29, 0.717) is 5.70 Å². The van der Waals surface area contributed by atoms with Crippen LogP contribution in [0.3, 0.4) is 0 Å². The molecule has 102 valence electrons. The number of rotatable bonds is 8. The summed E-state index contributed by atoms with van der Waals surface area (Å²) in [4.78, 5) is 33.4. The van der Waals surface area contributed by atoms with E-state index in [9.17, 15) is 14.4 Å². The number of carbonyl (C=O) groups excluding carboxylic acids is 2. The molecule has 0 saturated heterocycles. The largest absolute Gasteiger partial charge is 0.481 e. The summed E-state index contributed by atoms with van der Waals surface area (Å²) < 4.78 is 0. The van der Waals surface area contributed by atoms with Crippen LogP contribution in [0.15, 0.2) is 12.3 Å². The molecule has 0 aliphatic carbocycles. The minimum absolute atomic E-state index is 0.0889. The summed E-state index contributed by atoms with van der Waals surface area (Å²) in [5.41, 5.74) is 5.66. The van der Waals surface area contributed by atoms with Gasteiger partial charge in [0.25, 0.3) is 0 Å². The Morgan fingerprint density at radius 3 is 2.28 bits per heavy atom. The van der Waals surface area contributed by atoms with E-state index in [-0.39, 0.29) is 12.3 Å². The van der Waals surface area contributed by atoms with Crippen molar-refractivity contribution in [2.24, 2.45) is 5.73 Å². The smallest absolute Gasteiger partial charge is 0.305 e. The molecule has 0 aliphatic heterocycles. The predicted octanol–water partition coefficient (Wildman–Crippen LogP) is -1.01. The molecule has 0 aromatic rings. The zero-order valence-electron chi connectivity index (χ0n) is 10.5. The molecule has 0 bridgehead atoms. The summed E-state index contributed by atoms with van der Waals surface area (Å²) in [5, 5.41) is 13.8. The van der Waals surface area contributed by atoms with Crippen LogP contribution in [-0.4, -0.2) is 41.4 Å². The fraction of sp³-hybridized carbons (Fsp3) is 0.545. The van der Waals surface area contributed by atoms with Crippen molar-refractivity contribution in [3.8, 4) is 0 Å². The molecule has 18 heavy (non-hydrogen) atoms. The van der Waals surface area contributed by atoms with E-state index in [2.05, 4.69) is 17.2 Å². The van der Waals surface area contributed by atoms with Gasteiger partial charge in [-0.25, -0.2) is 0 Å². The first-order valence-corrected chi connectivity index (χ1v) is 5.45. The van der Waals surface area contributed by atoms with E-state index in [0.717, 1.165) is 0 Å². The van der Waals surface area contributed by atoms with Gasteiger partial charge in [-0.15, -0.1) is 0 Å². The third-order valence-electron chi connectivity index (χ3n) is 2.29. The lowest BCUT2D eigenvalue weighted by Crippen LogP contribution is -2.49. The van der Waals surface area contributed by atoms with Crippen LogP contribution in [0.4, 0.5) is 0 Å². The van der Waals surface area contributed by atoms with Gasteiger partial charge in [0.2, 0.25) is 5.91 Å². The fourth-order valence-electron chi connectivity index (χ4n) is 1.10. The number of carboxylic acid groups (broad SMARTS) is 1. The molecule has 0 aliphatic rings. The molecular formula is C11H19N3O4. The van der Waals surface area contributed by atoms with Gasteiger partial charge in [0.1, 0.15) is 6.04 Å². The Balaban J connectivity index is 4.63. The normalized spacial score (nSPS) is 13.3. The van der Waals surface area contributed by atoms with Crippen LogP contribution in [0, 0.1) is 0 Å². The molecule has 5 N–H and O–H groups in total. The number of aliphatic carboxylic acids is 1. The van der Waals surface area contributed by atoms with Crippen LogP contribution in [0.1, 0.15) is 20.3 Å². The monoisotopic (exact) mass is 257 g/mol. The average molecular weight is 257 g/mol. The summed E-state index contributed by atoms with van der Waals surface area (Å²) in [7, 11) is 0. The van der Waals surface area contributed by atoms with Gasteiger partial charge in [0.05, 0.1) is 12.5 Å². The second-order valence-corrected chi connectivity index (χ2v) is 3.94. The Hall–Kier alpha value is -1.89. The summed E-state index contributed by atoms with van der Waals surface area (Å²) in [5.74, 6) is -1.92. The van der Waals surface area contributed by atoms with E-state index >= 15 is 0 Å². The molecule has 0 fully saturated rings. The first-order valence-electron chi connectivity index (χ1n) is 5.45. The van der Waals surface area contributed by atoms with Gasteiger partial charge >= 0.3 is 5.97 Å². The van der Waals surface area contributed by atoms with E-state index < -0.39 is 30.4 Å². The van der Waals surface area contributed by atoms with Crippen molar-refractivity contribution in [1.82, 2.24) is 10.6 Å². The molecule has 0 saturated carbocycles. The van der Waals surface area contributed by atoms with Crippen LogP contribution < -0.4 is 16.4 Å². The van der Waals surface area contributed by atoms with E-state index in [1.807, 2.05) is 0 Å². The number of nitrogens with one attached hydrogen (secondary N) is 2. The topological polar surface area (TPSA) is 122 Å². The summed E-state index contributed by atoms with van der Waals surface area (Å²) in [6, 6.07) is -1.66. The van der Waals surface area contributed by atoms with E-state index in [1.54, 1.807) is 0 Å². The van der Waals surface area contributed by atoms with Gasteiger partial charge in [-0.05, 0) is 13.8 Å². The van der Waals surface area contributed by atoms with Gasteiger partial charge in [0, 0.05) is 12.2 Å². The molecule has 0 heterocycles. The maximum Gasteiger partial charge on any atom is 0.305 e. The lowest BCUT2D eigenvalue weighted by molar-refractivity contribution is -0.140. The van der Waals surface area contributed by atoms with Crippen LogP contribution in [0.5, 0.6) is 0 Å². The number of hydrogen-bond donors (Lipinski definition) is 4. The first kappa shape index (κ1) is 16.1. The standard InChI is InChI=1S/C11H19N3O4/c1-6(5-12)13-9(4-10(16)17)11(18)14-7(2)8(3)15/h7,9,13H,1,4-5,12H2,2-3H3,(H,14,18)(H,16,17)/t7-,9?/m1/s1. The highest BCUT2D eigenvalue weighted by Crippen LogP contribution is 1.98. The van der Waals surface area contributed by atoms with Gasteiger partial charge in [-0.1, -0.05) is 6.58 Å². The SMILES string of the molecule is C=C(CN)NC(CC(=O)O)C(=O)N[C@H](C)C(C)=O. The number of carboxylic acids is 1. The van der Waals surface area contributed by atoms with Crippen molar-refractivity contribution >= 4 is 17.7 Å². The Kier molecular flexibility index (Phi) is 6.66.